The van der Waals surface area contributed by atoms with Crippen molar-refractivity contribution in [1.29, 1.82) is 0 Å². The number of nitrogens with one attached hydrogen (secondary N) is 1. The molecule has 2 fully saturated rings. The first-order valence-electron chi connectivity index (χ1n) is 9.58. The second kappa shape index (κ2) is 7.19. The molecule has 4 rings (SSSR count). The van der Waals surface area contributed by atoms with Gasteiger partial charge in [-0.3, -0.25) is 4.79 Å². The Kier molecular flexibility index (Phi) is 4.76. The van der Waals surface area contributed by atoms with Crippen LogP contribution in [-0.2, 0) is 16.0 Å². The maximum absolute atomic E-state index is 11.9. The number of carbonyl (C=O) groups excluding carboxylic acids is 1. The standard InChI is InChI=1S/C20H25N3O3/c24-18-10-14-6-7-15(11-16(14)22-19(18)20(25)26)23-9-8-21-17(12-23)13-4-2-1-3-5-13/h6-7,11,13,17,21H,1-5,8-10,12H2,(H,25,26). The van der Waals surface area contributed by atoms with E-state index in [1.54, 1.807) is 0 Å². The molecule has 6 nitrogen and oxygen atoms in total. The molecule has 1 atom stereocenters. The van der Waals surface area contributed by atoms with Gasteiger partial charge < -0.3 is 15.3 Å². The van der Waals surface area contributed by atoms with E-state index in [2.05, 4.69) is 15.2 Å². The number of rotatable bonds is 3. The van der Waals surface area contributed by atoms with Crippen molar-refractivity contribution in [3.8, 4) is 0 Å². The molecular formula is C20H25N3O3. The zero-order valence-corrected chi connectivity index (χ0v) is 14.9. The quantitative estimate of drug-likeness (QED) is 0.870. The van der Waals surface area contributed by atoms with Gasteiger partial charge in [0.1, 0.15) is 0 Å². The number of nitrogens with zero attached hydrogens (tertiary/aromatic N) is 2. The van der Waals surface area contributed by atoms with Crippen molar-refractivity contribution in [3.05, 3.63) is 23.8 Å². The summed E-state index contributed by atoms with van der Waals surface area (Å²) in [6.45, 7) is 2.86. The van der Waals surface area contributed by atoms with Gasteiger partial charge in [0, 0.05) is 37.8 Å². The van der Waals surface area contributed by atoms with E-state index in [1.807, 2.05) is 18.2 Å². The number of benzene rings is 1. The smallest absolute Gasteiger partial charge is 0.358 e. The van der Waals surface area contributed by atoms with Gasteiger partial charge in [0.2, 0.25) is 0 Å². The minimum absolute atomic E-state index is 0.118. The minimum atomic E-state index is -1.24. The van der Waals surface area contributed by atoms with Crippen molar-refractivity contribution in [2.45, 2.75) is 44.6 Å². The molecule has 0 radical (unpaired) electrons. The maximum Gasteiger partial charge on any atom is 0.358 e. The van der Waals surface area contributed by atoms with Crippen molar-refractivity contribution < 1.29 is 14.7 Å². The predicted molar refractivity (Wildman–Crippen MR) is 100 cm³/mol. The normalized spacial score (nSPS) is 24.2. The Morgan fingerprint density at radius 3 is 2.81 bits per heavy atom. The number of carboxylic acid groups (broad SMARTS) is 1. The topological polar surface area (TPSA) is 82.0 Å². The van der Waals surface area contributed by atoms with Crippen molar-refractivity contribution in [3.63, 3.8) is 0 Å². The number of ketones is 1. The summed E-state index contributed by atoms with van der Waals surface area (Å²) in [5.41, 5.74) is 2.14. The molecule has 1 aromatic carbocycles. The van der Waals surface area contributed by atoms with Crippen LogP contribution in [0.25, 0.3) is 0 Å². The third-order valence-corrected chi connectivity index (χ3v) is 5.91. The third-order valence-electron chi connectivity index (χ3n) is 5.91. The van der Waals surface area contributed by atoms with Gasteiger partial charge in [-0.15, -0.1) is 0 Å². The minimum Gasteiger partial charge on any atom is -0.476 e. The van der Waals surface area contributed by atoms with Crippen molar-refractivity contribution in [1.82, 2.24) is 5.32 Å². The van der Waals surface area contributed by atoms with Crippen LogP contribution in [0, 0.1) is 5.92 Å². The number of aliphatic imine (C=N–C) groups is 1. The third kappa shape index (κ3) is 3.38. The second-order valence-electron chi connectivity index (χ2n) is 7.58. The average molecular weight is 355 g/mol. The van der Waals surface area contributed by atoms with Gasteiger partial charge in [0.05, 0.1) is 5.69 Å². The fraction of sp³-hybridized carbons (Fsp3) is 0.550. The summed E-state index contributed by atoms with van der Waals surface area (Å²) in [6, 6.07) is 6.41. The Morgan fingerprint density at radius 1 is 1.23 bits per heavy atom. The van der Waals surface area contributed by atoms with Crippen LogP contribution in [0.4, 0.5) is 11.4 Å². The second-order valence-corrected chi connectivity index (χ2v) is 7.58. The lowest BCUT2D eigenvalue weighted by Crippen LogP contribution is -2.54. The summed E-state index contributed by atoms with van der Waals surface area (Å²) in [6.07, 6.45) is 6.77. The number of carbonyl (C=O) groups is 2. The molecule has 0 bridgehead atoms. The van der Waals surface area contributed by atoms with Crippen LogP contribution >= 0.6 is 0 Å². The average Bonchev–Trinajstić information content (AvgIpc) is 2.68. The van der Waals surface area contributed by atoms with E-state index in [0.29, 0.717) is 11.7 Å². The molecule has 6 heteroatoms. The molecule has 3 aliphatic rings. The lowest BCUT2D eigenvalue weighted by Gasteiger charge is -2.40. The van der Waals surface area contributed by atoms with Gasteiger partial charge >= 0.3 is 5.97 Å². The molecule has 2 N–H and O–H groups in total. The number of Topliss-reactive ketones (excluding diaryl/α,β-unsaturated/α-hetero) is 1. The summed E-state index contributed by atoms with van der Waals surface area (Å²) in [5, 5.41) is 12.8. The molecule has 26 heavy (non-hydrogen) atoms. The van der Waals surface area contributed by atoms with Gasteiger partial charge in [0.15, 0.2) is 11.5 Å². The van der Waals surface area contributed by atoms with Crippen molar-refractivity contribution >= 4 is 28.8 Å². The Morgan fingerprint density at radius 2 is 2.04 bits per heavy atom. The molecule has 1 unspecified atom stereocenters. The highest BCUT2D eigenvalue weighted by molar-refractivity contribution is 6.65. The van der Waals surface area contributed by atoms with E-state index in [-0.39, 0.29) is 12.1 Å². The van der Waals surface area contributed by atoms with Crippen molar-refractivity contribution in [2.75, 3.05) is 24.5 Å². The predicted octanol–water partition coefficient (Wildman–Crippen LogP) is 2.33. The Bertz CT molecular complexity index is 753. The fourth-order valence-electron chi connectivity index (χ4n) is 4.47. The van der Waals surface area contributed by atoms with E-state index >= 15 is 0 Å². The van der Waals surface area contributed by atoms with Crippen LogP contribution in [0.2, 0.25) is 0 Å². The highest BCUT2D eigenvalue weighted by atomic mass is 16.4. The van der Waals surface area contributed by atoms with Crippen LogP contribution in [0.5, 0.6) is 0 Å². The van der Waals surface area contributed by atoms with E-state index in [4.69, 9.17) is 5.11 Å². The molecule has 0 spiro atoms. The van der Waals surface area contributed by atoms with Gasteiger partial charge in [-0.2, -0.15) is 0 Å². The summed E-state index contributed by atoms with van der Waals surface area (Å²) < 4.78 is 0. The van der Waals surface area contributed by atoms with Gasteiger partial charge in [-0.25, -0.2) is 9.79 Å². The SMILES string of the molecule is O=C(O)C1=Nc2cc(N3CCNC(C4CCCCC4)C3)ccc2CC1=O. The number of piperazine rings is 1. The maximum atomic E-state index is 11.9. The molecule has 1 saturated heterocycles. The number of hydrogen-bond acceptors (Lipinski definition) is 5. The summed E-state index contributed by atoms with van der Waals surface area (Å²) >= 11 is 0. The first-order chi connectivity index (χ1) is 12.6. The molecule has 138 valence electrons. The summed E-state index contributed by atoms with van der Waals surface area (Å²) in [7, 11) is 0. The van der Waals surface area contributed by atoms with Gasteiger partial charge in [-0.1, -0.05) is 25.3 Å². The Hall–Kier alpha value is -2.21. The zero-order valence-electron chi connectivity index (χ0n) is 14.9. The van der Waals surface area contributed by atoms with Crippen molar-refractivity contribution in [2.24, 2.45) is 10.9 Å². The monoisotopic (exact) mass is 355 g/mol. The lowest BCUT2D eigenvalue weighted by molar-refractivity contribution is -0.130. The number of carboxylic acids is 1. The molecule has 1 aliphatic carbocycles. The van der Waals surface area contributed by atoms with Gasteiger partial charge in [0.25, 0.3) is 0 Å². The zero-order chi connectivity index (χ0) is 18.1. The van der Waals surface area contributed by atoms with Crippen LogP contribution in [0.15, 0.2) is 23.2 Å². The van der Waals surface area contributed by atoms with Crippen LogP contribution in [0.1, 0.15) is 37.7 Å². The molecular weight excluding hydrogens is 330 g/mol. The molecule has 2 aliphatic heterocycles. The van der Waals surface area contributed by atoms with Crippen LogP contribution < -0.4 is 10.2 Å². The fourth-order valence-corrected chi connectivity index (χ4v) is 4.47. The van der Waals surface area contributed by atoms with E-state index in [1.165, 1.54) is 32.1 Å². The number of aliphatic carboxylic acids is 1. The highest BCUT2D eigenvalue weighted by Crippen LogP contribution is 2.32. The first-order valence-corrected chi connectivity index (χ1v) is 9.58. The van der Waals surface area contributed by atoms with Gasteiger partial charge in [-0.05, 0) is 36.5 Å². The molecule has 1 saturated carbocycles. The summed E-state index contributed by atoms with van der Waals surface area (Å²) in [5.74, 6) is -0.915. The van der Waals surface area contributed by atoms with E-state index < -0.39 is 11.8 Å². The number of fused-ring (bicyclic) bond motifs is 1. The Balaban J connectivity index is 1.54. The lowest BCUT2D eigenvalue weighted by atomic mass is 9.83. The highest BCUT2D eigenvalue weighted by Gasteiger charge is 2.29. The largest absolute Gasteiger partial charge is 0.476 e. The molecule has 0 amide bonds. The van der Waals surface area contributed by atoms with E-state index in [0.717, 1.165) is 36.8 Å². The summed E-state index contributed by atoms with van der Waals surface area (Å²) in [4.78, 5) is 29.6. The van der Waals surface area contributed by atoms with Crippen LogP contribution in [0.3, 0.4) is 0 Å². The first kappa shape index (κ1) is 17.2. The Labute approximate surface area is 153 Å². The molecule has 1 aromatic rings. The molecule has 0 aromatic heterocycles. The van der Waals surface area contributed by atoms with E-state index in [9.17, 15) is 9.59 Å². The number of anilines is 1. The van der Waals surface area contributed by atoms with Crippen LogP contribution in [-0.4, -0.2) is 48.2 Å². The number of hydrogen-bond donors (Lipinski definition) is 2. The molecule has 2 heterocycles.